The van der Waals surface area contributed by atoms with Crippen LogP contribution in [-0.4, -0.2) is 119 Å². The number of hydrogen-bond acceptors (Lipinski definition) is 15. The summed E-state index contributed by atoms with van der Waals surface area (Å²) >= 11 is 0. The predicted octanol–water partition coefficient (Wildman–Crippen LogP) is 0.957. The first-order valence-corrected chi connectivity index (χ1v) is 16.2. The van der Waals surface area contributed by atoms with Crippen molar-refractivity contribution in [3.63, 3.8) is 0 Å². The highest BCUT2D eigenvalue weighted by Crippen LogP contribution is 2.40. The second-order valence-electron chi connectivity index (χ2n) is 11.8. The van der Waals surface area contributed by atoms with Crippen LogP contribution in [0.5, 0.6) is 28.7 Å². The SMILES string of the molecule is CC(C)COc1c(-c2ccc(OCCCO)c(OCCCO)c2)oc2cc(O[C@@H]3O[C@H](CO)[C@@H](O)[C@H](O)[C@H]3O)cc(OCCCO)c2c1=O. The maximum atomic E-state index is 14.2. The van der Waals surface area contributed by atoms with Gasteiger partial charge in [-0.15, -0.1) is 0 Å². The van der Waals surface area contributed by atoms with Gasteiger partial charge in [0.05, 0.1) is 33.0 Å². The first kappa shape index (κ1) is 38.1. The van der Waals surface area contributed by atoms with E-state index in [4.69, 9.17) is 32.8 Å². The zero-order valence-corrected chi connectivity index (χ0v) is 27.5. The van der Waals surface area contributed by atoms with Crippen LogP contribution in [0.3, 0.4) is 0 Å². The number of hydrogen-bond donors (Lipinski definition) is 7. The standard InChI is InChI=1S/C34H46O15/c1-19(2)18-46-33-29(40)27-24(45-13-5-10-37)15-21(47-34-31(42)30(41)28(39)26(17-38)49-34)16-25(27)48-32(33)20-6-7-22(43-11-3-8-35)23(14-20)44-12-4-9-36/h6-7,14-16,19,26,28,30-31,34-39,41-42H,3-5,8-13,17-18H2,1-2H3/t26-,28-,30+,31-,34-/m1/s1. The molecule has 7 N–H and O–H groups in total. The van der Waals surface area contributed by atoms with Crippen LogP contribution in [0.4, 0.5) is 0 Å². The van der Waals surface area contributed by atoms with Gasteiger partial charge >= 0.3 is 0 Å². The molecular weight excluding hydrogens is 648 g/mol. The first-order valence-electron chi connectivity index (χ1n) is 16.2. The predicted molar refractivity (Wildman–Crippen MR) is 174 cm³/mol. The minimum absolute atomic E-state index is 0.00461. The monoisotopic (exact) mass is 694 g/mol. The first-order chi connectivity index (χ1) is 23.6. The van der Waals surface area contributed by atoms with Gasteiger partial charge in [-0.05, 0) is 24.1 Å². The number of ether oxygens (including phenoxy) is 6. The van der Waals surface area contributed by atoms with Gasteiger partial charge in [-0.3, -0.25) is 4.79 Å². The molecule has 272 valence electrons. The fraction of sp³-hybridized carbons (Fsp3) is 0.559. The Balaban J connectivity index is 1.87. The summed E-state index contributed by atoms with van der Waals surface area (Å²) in [5.74, 6) is 0.649. The van der Waals surface area contributed by atoms with Crippen molar-refractivity contribution in [1.82, 2.24) is 0 Å². The van der Waals surface area contributed by atoms with Crippen LogP contribution in [0.15, 0.2) is 39.5 Å². The Bertz CT molecular complexity index is 1540. The van der Waals surface area contributed by atoms with E-state index in [0.717, 1.165) is 0 Å². The van der Waals surface area contributed by atoms with E-state index in [-0.39, 0.29) is 92.6 Å². The Labute approximate surface area is 282 Å². The Kier molecular flexibility index (Phi) is 14.3. The van der Waals surface area contributed by atoms with Gasteiger partial charge in [-0.2, -0.15) is 0 Å². The van der Waals surface area contributed by atoms with Gasteiger partial charge in [0.15, 0.2) is 17.3 Å². The van der Waals surface area contributed by atoms with Gasteiger partial charge in [-0.1, -0.05) is 13.8 Å². The molecule has 0 unspecified atom stereocenters. The minimum Gasteiger partial charge on any atom is -0.492 e. The van der Waals surface area contributed by atoms with Crippen molar-refractivity contribution in [3.05, 3.63) is 40.6 Å². The largest absolute Gasteiger partial charge is 0.492 e. The molecule has 49 heavy (non-hydrogen) atoms. The summed E-state index contributed by atoms with van der Waals surface area (Å²) in [5.41, 5.74) is -0.195. The molecule has 0 aliphatic carbocycles. The molecule has 4 rings (SSSR count). The molecule has 0 amide bonds. The zero-order chi connectivity index (χ0) is 35.5. The van der Waals surface area contributed by atoms with Crippen LogP contribution >= 0.6 is 0 Å². The Morgan fingerprint density at radius 3 is 2.00 bits per heavy atom. The molecule has 2 heterocycles. The summed E-state index contributed by atoms with van der Waals surface area (Å²) in [4.78, 5) is 14.2. The lowest BCUT2D eigenvalue weighted by atomic mass is 9.99. The molecule has 5 atom stereocenters. The Morgan fingerprint density at radius 1 is 0.755 bits per heavy atom. The number of fused-ring (bicyclic) bond motifs is 1. The number of aliphatic hydroxyl groups is 7. The van der Waals surface area contributed by atoms with Gasteiger partial charge in [0.2, 0.25) is 17.5 Å². The molecule has 15 nitrogen and oxygen atoms in total. The van der Waals surface area contributed by atoms with E-state index in [9.17, 15) is 40.5 Å². The van der Waals surface area contributed by atoms with Crippen molar-refractivity contribution >= 4 is 11.0 Å². The summed E-state index contributed by atoms with van der Waals surface area (Å²) in [5, 5.41) is 68.4. The molecular formula is C34H46O15. The third-order valence-electron chi connectivity index (χ3n) is 7.44. The van der Waals surface area contributed by atoms with E-state index in [1.54, 1.807) is 18.2 Å². The summed E-state index contributed by atoms with van der Waals surface area (Å²) in [7, 11) is 0. The molecule has 0 saturated carbocycles. The van der Waals surface area contributed by atoms with Crippen molar-refractivity contribution in [2.75, 3.05) is 52.9 Å². The second kappa shape index (κ2) is 18.4. The van der Waals surface area contributed by atoms with Crippen LogP contribution in [0.1, 0.15) is 33.1 Å². The maximum absolute atomic E-state index is 14.2. The number of benzene rings is 2. The second-order valence-corrected chi connectivity index (χ2v) is 11.8. The van der Waals surface area contributed by atoms with Crippen molar-refractivity contribution in [1.29, 1.82) is 0 Å². The van der Waals surface area contributed by atoms with E-state index < -0.39 is 42.7 Å². The zero-order valence-electron chi connectivity index (χ0n) is 27.5. The fourth-order valence-corrected chi connectivity index (χ4v) is 4.92. The topological polar surface area (TPSA) is 227 Å². The lowest BCUT2D eigenvalue weighted by molar-refractivity contribution is -0.277. The van der Waals surface area contributed by atoms with E-state index >= 15 is 0 Å². The molecule has 15 heteroatoms. The molecule has 0 spiro atoms. The minimum atomic E-state index is -1.70. The maximum Gasteiger partial charge on any atom is 0.239 e. The van der Waals surface area contributed by atoms with Gasteiger partial charge in [0.25, 0.3) is 0 Å². The smallest absolute Gasteiger partial charge is 0.239 e. The normalized spacial score (nSPS) is 20.8. The van der Waals surface area contributed by atoms with Crippen molar-refractivity contribution in [2.45, 2.75) is 63.8 Å². The lowest BCUT2D eigenvalue weighted by Gasteiger charge is -2.39. The molecule has 1 aliphatic heterocycles. The third kappa shape index (κ3) is 9.52. The quantitative estimate of drug-likeness (QED) is 0.0868. The fourth-order valence-electron chi connectivity index (χ4n) is 4.92. The van der Waals surface area contributed by atoms with Crippen LogP contribution < -0.4 is 29.1 Å². The van der Waals surface area contributed by atoms with Gasteiger partial charge < -0.3 is 68.6 Å². The van der Waals surface area contributed by atoms with E-state index in [0.29, 0.717) is 29.9 Å². The summed E-state index contributed by atoms with van der Waals surface area (Å²) in [6.45, 7) is 3.41. The molecule has 1 saturated heterocycles. The van der Waals surface area contributed by atoms with Crippen molar-refractivity contribution < 1.29 is 68.6 Å². The summed E-state index contributed by atoms with van der Waals surface area (Å²) in [6, 6.07) is 7.59. The van der Waals surface area contributed by atoms with Gasteiger partial charge in [0.1, 0.15) is 46.9 Å². The highest BCUT2D eigenvalue weighted by Gasteiger charge is 2.45. The Morgan fingerprint density at radius 2 is 1.39 bits per heavy atom. The van der Waals surface area contributed by atoms with Crippen LogP contribution in [0.2, 0.25) is 0 Å². The average molecular weight is 695 g/mol. The van der Waals surface area contributed by atoms with Gasteiger partial charge in [0, 0.05) is 56.8 Å². The highest BCUT2D eigenvalue weighted by atomic mass is 16.7. The van der Waals surface area contributed by atoms with Crippen molar-refractivity contribution in [3.8, 4) is 40.1 Å². The van der Waals surface area contributed by atoms with Crippen LogP contribution in [-0.2, 0) is 4.74 Å². The Hall–Kier alpha value is -3.67. The van der Waals surface area contributed by atoms with E-state index in [1.165, 1.54) is 12.1 Å². The molecule has 0 bridgehead atoms. The number of aliphatic hydroxyl groups excluding tert-OH is 7. The van der Waals surface area contributed by atoms with E-state index in [2.05, 4.69) is 0 Å². The number of rotatable bonds is 19. The third-order valence-corrected chi connectivity index (χ3v) is 7.44. The van der Waals surface area contributed by atoms with E-state index in [1.807, 2.05) is 13.8 Å². The summed E-state index contributed by atoms with van der Waals surface area (Å²) in [6.07, 6.45) is -6.76. The molecule has 0 radical (unpaired) electrons. The molecule has 1 aliphatic rings. The summed E-state index contributed by atoms with van der Waals surface area (Å²) < 4.78 is 41.3. The van der Waals surface area contributed by atoms with Gasteiger partial charge in [-0.25, -0.2) is 0 Å². The van der Waals surface area contributed by atoms with Crippen molar-refractivity contribution in [2.24, 2.45) is 5.92 Å². The molecule has 1 aromatic heterocycles. The van der Waals surface area contributed by atoms with Crippen LogP contribution in [0.25, 0.3) is 22.3 Å². The molecule has 3 aromatic rings. The van der Waals surface area contributed by atoms with Crippen LogP contribution in [0, 0.1) is 5.92 Å². The lowest BCUT2D eigenvalue weighted by Crippen LogP contribution is -2.60. The highest BCUT2D eigenvalue weighted by molar-refractivity contribution is 5.89. The molecule has 1 fully saturated rings. The average Bonchev–Trinajstić information content (AvgIpc) is 3.08. The molecule has 2 aromatic carbocycles.